The number of carbonyl (C=O) groups is 1. The maximum atomic E-state index is 12.9. The second-order valence-electron chi connectivity index (χ2n) is 5.92. The molecule has 1 aromatic carbocycles. The number of halogens is 2. The maximum absolute atomic E-state index is 12.9. The molecule has 0 spiro atoms. The largest absolute Gasteiger partial charge is 0.334 e. The van der Waals surface area contributed by atoms with Crippen molar-refractivity contribution < 1.29 is 4.79 Å². The molecule has 1 saturated heterocycles. The number of benzene rings is 1. The Bertz CT molecular complexity index is 716. The highest BCUT2D eigenvalue weighted by molar-refractivity contribution is 6.30. The van der Waals surface area contributed by atoms with Gasteiger partial charge in [-0.3, -0.25) is 4.79 Å². The molecule has 1 aromatic heterocycles. The van der Waals surface area contributed by atoms with Crippen molar-refractivity contribution in [3.05, 3.63) is 46.7 Å². The predicted molar refractivity (Wildman–Crippen MR) is 98.3 cm³/mol. The third-order valence-electron chi connectivity index (χ3n) is 4.45. The average Bonchev–Trinajstić information content (AvgIpc) is 2.95. The molecule has 1 unspecified atom stereocenters. The lowest BCUT2D eigenvalue weighted by molar-refractivity contribution is 0.0622. The minimum Gasteiger partial charge on any atom is -0.334 e. The number of nitrogens with zero attached hydrogens (tertiary/aromatic N) is 3. The summed E-state index contributed by atoms with van der Waals surface area (Å²) in [5, 5.41) is 5.02. The number of hydrogen-bond acceptors (Lipinski definition) is 3. The Balaban J connectivity index is 0.00000208. The van der Waals surface area contributed by atoms with Crippen LogP contribution >= 0.6 is 24.0 Å². The van der Waals surface area contributed by atoms with Crippen LogP contribution in [0.4, 0.5) is 0 Å². The van der Waals surface area contributed by atoms with E-state index >= 15 is 0 Å². The molecule has 0 radical (unpaired) electrons. The normalized spacial score (nSPS) is 17.5. The van der Waals surface area contributed by atoms with Crippen LogP contribution in [0.15, 0.2) is 30.5 Å². The van der Waals surface area contributed by atoms with Gasteiger partial charge in [0.05, 0.1) is 23.1 Å². The first-order valence-corrected chi connectivity index (χ1v) is 8.31. The summed E-state index contributed by atoms with van der Waals surface area (Å²) in [4.78, 5) is 14.8. The van der Waals surface area contributed by atoms with Gasteiger partial charge < -0.3 is 10.6 Å². The molecule has 24 heavy (non-hydrogen) atoms. The molecule has 0 aliphatic carbocycles. The minimum absolute atomic E-state index is 0. The Kier molecular flexibility index (Phi) is 6.27. The van der Waals surface area contributed by atoms with Gasteiger partial charge >= 0.3 is 0 Å². The summed E-state index contributed by atoms with van der Waals surface area (Å²) in [6.07, 6.45) is 4.78. The molecule has 1 aliphatic heterocycles. The second-order valence-corrected chi connectivity index (χ2v) is 6.36. The summed E-state index contributed by atoms with van der Waals surface area (Å²) in [7, 11) is 0. The fourth-order valence-corrected chi connectivity index (χ4v) is 3.34. The lowest BCUT2D eigenvalue weighted by atomic mass is 10.0. The van der Waals surface area contributed by atoms with Gasteiger partial charge in [-0.25, -0.2) is 4.68 Å². The van der Waals surface area contributed by atoms with Crippen molar-refractivity contribution in [2.24, 2.45) is 5.73 Å². The number of amides is 1. The van der Waals surface area contributed by atoms with Gasteiger partial charge in [-0.05, 0) is 44.4 Å². The van der Waals surface area contributed by atoms with E-state index in [9.17, 15) is 4.79 Å². The number of likely N-dealkylation sites (tertiary alicyclic amines) is 1. The number of hydrogen-bond donors (Lipinski definition) is 1. The summed E-state index contributed by atoms with van der Waals surface area (Å²) in [5.74, 6) is 0.0194. The smallest absolute Gasteiger partial charge is 0.257 e. The van der Waals surface area contributed by atoms with Gasteiger partial charge in [0.15, 0.2) is 0 Å². The minimum atomic E-state index is 0. The van der Waals surface area contributed by atoms with Gasteiger partial charge in [0.25, 0.3) is 5.91 Å². The Labute approximate surface area is 153 Å². The summed E-state index contributed by atoms with van der Waals surface area (Å²) < 4.78 is 1.75. The van der Waals surface area contributed by atoms with E-state index in [-0.39, 0.29) is 24.4 Å². The molecular weight excluding hydrogens is 347 g/mol. The van der Waals surface area contributed by atoms with Crippen molar-refractivity contribution >= 4 is 29.9 Å². The van der Waals surface area contributed by atoms with Gasteiger partial charge in [0.2, 0.25) is 0 Å². The van der Waals surface area contributed by atoms with Crippen LogP contribution in [0, 0.1) is 6.92 Å². The van der Waals surface area contributed by atoms with E-state index in [0.29, 0.717) is 17.1 Å². The summed E-state index contributed by atoms with van der Waals surface area (Å²) in [6, 6.07) is 7.57. The molecule has 5 nitrogen and oxygen atoms in total. The highest BCUT2D eigenvalue weighted by atomic mass is 35.5. The van der Waals surface area contributed by atoms with E-state index in [1.807, 2.05) is 36.1 Å². The van der Waals surface area contributed by atoms with Gasteiger partial charge in [-0.2, -0.15) is 5.10 Å². The Hall–Kier alpha value is -1.56. The number of aromatic nitrogens is 2. The number of piperidine rings is 1. The molecule has 1 amide bonds. The van der Waals surface area contributed by atoms with Crippen LogP contribution in [-0.2, 0) is 0 Å². The molecule has 1 aliphatic rings. The predicted octanol–water partition coefficient (Wildman–Crippen LogP) is 3.21. The van der Waals surface area contributed by atoms with E-state index in [4.69, 9.17) is 17.3 Å². The first-order valence-electron chi connectivity index (χ1n) is 7.93. The molecule has 2 aromatic rings. The van der Waals surface area contributed by atoms with E-state index in [2.05, 4.69) is 5.10 Å². The third-order valence-corrected chi connectivity index (χ3v) is 4.69. The molecule has 7 heteroatoms. The van der Waals surface area contributed by atoms with Gasteiger partial charge in [0.1, 0.15) is 0 Å². The van der Waals surface area contributed by atoms with Crippen LogP contribution in [0.1, 0.15) is 35.3 Å². The van der Waals surface area contributed by atoms with Gasteiger partial charge in [0, 0.05) is 24.2 Å². The van der Waals surface area contributed by atoms with Crippen LogP contribution < -0.4 is 5.73 Å². The molecule has 1 fully saturated rings. The zero-order valence-corrected chi connectivity index (χ0v) is 15.2. The molecule has 3 rings (SSSR count). The number of carbonyl (C=O) groups excluding carboxylic acids is 1. The van der Waals surface area contributed by atoms with Crippen molar-refractivity contribution in [1.29, 1.82) is 0 Å². The van der Waals surface area contributed by atoms with Gasteiger partial charge in [-0.15, -0.1) is 12.4 Å². The zero-order chi connectivity index (χ0) is 16.4. The Morgan fingerprint density at radius 2 is 2.21 bits per heavy atom. The zero-order valence-electron chi connectivity index (χ0n) is 13.6. The quantitative estimate of drug-likeness (QED) is 0.904. The topological polar surface area (TPSA) is 64.2 Å². The Morgan fingerprint density at radius 1 is 1.42 bits per heavy atom. The van der Waals surface area contributed by atoms with Crippen molar-refractivity contribution in [1.82, 2.24) is 14.7 Å². The Morgan fingerprint density at radius 3 is 2.92 bits per heavy atom. The molecule has 2 N–H and O–H groups in total. The van der Waals surface area contributed by atoms with Crippen molar-refractivity contribution in [2.75, 3.05) is 13.1 Å². The summed E-state index contributed by atoms with van der Waals surface area (Å²) in [5.41, 5.74) is 8.13. The SMILES string of the molecule is Cc1c(C(=O)N2CCCCC2CN)cnn1-c1cccc(Cl)c1.Cl. The molecule has 2 heterocycles. The maximum Gasteiger partial charge on any atom is 0.257 e. The van der Waals surface area contributed by atoms with Crippen LogP contribution in [-0.4, -0.2) is 39.7 Å². The first-order chi connectivity index (χ1) is 11.1. The first kappa shape index (κ1) is 18.8. The third kappa shape index (κ3) is 3.58. The fraction of sp³-hybridized carbons (Fsp3) is 0.412. The monoisotopic (exact) mass is 368 g/mol. The van der Waals surface area contributed by atoms with E-state index in [1.54, 1.807) is 10.9 Å². The number of nitrogens with two attached hydrogens (primary N) is 1. The van der Waals surface area contributed by atoms with Crippen molar-refractivity contribution in [3.8, 4) is 5.69 Å². The van der Waals surface area contributed by atoms with E-state index < -0.39 is 0 Å². The highest BCUT2D eigenvalue weighted by Crippen LogP contribution is 2.22. The van der Waals surface area contributed by atoms with Crippen LogP contribution in [0.3, 0.4) is 0 Å². The van der Waals surface area contributed by atoms with Crippen LogP contribution in [0.2, 0.25) is 5.02 Å². The molecular formula is C17H22Cl2N4O. The van der Waals surface area contributed by atoms with E-state index in [0.717, 1.165) is 37.2 Å². The molecule has 130 valence electrons. The van der Waals surface area contributed by atoms with Crippen LogP contribution in [0.25, 0.3) is 5.69 Å². The molecule has 0 bridgehead atoms. The highest BCUT2D eigenvalue weighted by Gasteiger charge is 2.28. The lowest BCUT2D eigenvalue weighted by Crippen LogP contribution is -2.47. The van der Waals surface area contributed by atoms with E-state index in [1.165, 1.54) is 0 Å². The molecule has 0 saturated carbocycles. The lowest BCUT2D eigenvalue weighted by Gasteiger charge is -2.35. The van der Waals surface area contributed by atoms with Crippen molar-refractivity contribution in [2.45, 2.75) is 32.2 Å². The van der Waals surface area contributed by atoms with Crippen molar-refractivity contribution in [3.63, 3.8) is 0 Å². The van der Waals surface area contributed by atoms with Crippen LogP contribution in [0.5, 0.6) is 0 Å². The summed E-state index contributed by atoms with van der Waals surface area (Å²) >= 11 is 6.05. The summed E-state index contributed by atoms with van der Waals surface area (Å²) in [6.45, 7) is 3.18. The number of rotatable bonds is 3. The average molecular weight is 369 g/mol. The van der Waals surface area contributed by atoms with Gasteiger partial charge in [-0.1, -0.05) is 17.7 Å². The second kappa shape index (κ2) is 8.01. The standard InChI is InChI=1S/C17H21ClN4O.ClH/c1-12-16(17(23)21-8-3-2-6-15(21)10-19)11-20-22(12)14-7-4-5-13(18)9-14;/h4-5,7,9,11,15H,2-3,6,8,10,19H2,1H3;1H. The molecule has 1 atom stereocenters. The fourth-order valence-electron chi connectivity index (χ4n) is 3.16.